The molecule has 4 aromatic carbocycles. The standard InChI is InChI=1S/C36H34N6O/c37-26-30(36(43)38-21-20-27-12-4-1-5-13-27)33-35(40-32-19-11-10-18-31(32)39-33)42-24-22-41(23-25-42)34(28-14-6-2-7-15-28)29-16-8-3-9-17-29/h1-19,30,34H,20-25H2,(H,38,43)/t30-/m0/s1. The van der Waals surface area contributed by atoms with Gasteiger partial charge in [0.1, 0.15) is 5.69 Å². The normalized spacial score (nSPS) is 14.4. The zero-order valence-corrected chi connectivity index (χ0v) is 24.0. The highest BCUT2D eigenvalue weighted by molar-refractivity contribution is 5.88. The van der Waals surface area contributed by atoms with E-state index in [2.05, 4.69) is 69.7 Å². The van der Waals surface area contributed by atoms with Gasteiger partial charge in [-0.1, -0.05) is 103 Å². The molecule has 0 unspecified atom stereocenters. The fourth-order valence-corrected chi connectivity index (χ4v) is 5.83. The van der Waals surface area contributed by atoms with Gasteiger partial charge in [0.2, 0.25) is 5.91 Å². The molecule has 1 amide bonds. The van der Waals surface area contributed by atoms with Gasteiger partial charge >= 0.3 is 0 Å². The fourth-order valence-electron chi connectivity index (χ4n) is 5.83. The van der Waals surface area contributed by atoms with Gasteiger partial charge in [-0.25, -0.2) is 9.97 Å². The lowest BCUT2D eigenvalue weighted by Crippen LogP contribution is -2.48. The third kappa shape index (κ3) is 6.40. The molecule has 0 bridgehead atoms. The van der Waals surface area contributed by atoms with Gasteiger partial charge in [-0.15, -0.1) is 0 Å². The molecule has 0 spiro atoms. The number of hydrogen-bond acceptors (Lipinski definition) is 6. The van der Waals surface area contributed by atoms with Gasteiger partial charge in [0.25, 0.3) is 0 Å². The third-order valence-corrected chi connectivity index (χ3v) is 8.01. The van der Waals surface area contributed by atoms with Crippen LogP contribution in [0.2, 0.25) is 0 Å². The highest BCUT2D eigenvalue weighted by Crippen LogP contribution is 2.32. The van der Waals surface area contributed by atoms with E-state index in [-0.39, 0.29) is 11.9 Å². The number of hydrogen-bond donors (Lipinski definition) is 1. The smallest absolute Gasteiger partial charge is 0.243 e. The summed E-state index contributed by atoms with van der Waals surface area (Å²) >= 11 is 0. The van der Waals surface area contributed by atoms with Crippen molar-refractivity contribution in [3.05, 3.63) is 138 Å². The second-order valence-electron chi connectivity index (χ2n) is 10.8. The zero-order chi connectivity index (χ0) is 29.4. The summed E-state index contributed by atoms with van der Waals surface area (Å²) in [5.41, 5.74) is 5.47. The molecule has 214 valence electrons. The number of nitrogens with one attached hydrogen (secondary N) is 1. The molecular weight excluding hydrogens is 532 g/mol. The van der Waals surface area contributed by atoms with Crippen LogP contribution < -0.4 is 10.2 Å². The second-order valence-corrected chi connectivity index (χ2v) is 10.8. The first-order valence-electron chi connectivity index (χ1n) is 14.8. The summed E-state index contributed by atoms with van der Waals surface area (Å²) in [6.07, 6.45) is 0.687. The van der Waals surface area contributed by atoms with E-state index in [0.717, 1.165) is 24.2 Å². The first-order valence-corrected chi connectivity index (χ1v) is 14.8. The fraction of sp³-hybridized carbons (Fsp3) is 0.222. The summed E-state index contributed by atoms with van der Waals surface area (Å²) < 4.78 is 0. The first-order chi connectivity index (χ1) is 21.2. The van der Waals surface area contributed by atoms with Crippen molar-refractivity contribution in [1.29, 1.82) is 5.26 Å². The molecule has 7 heteroatoms. The Hall–Kier alpha value is -5.06. The lowest BCUT2D eigenvalue weighted by molar-refractivity contribution is -0.121. The molecule has 7 nitrogen and oxygen atoms in total. The molecule has 5 aromatic rings. The van der Waals surface area contributed by atoms with Crippen molar-refractivity contribution < 1.29 is 4.79 Å². The molecule has 1 fully saturated rings. The Bertz CT molecular complexity index is 1660. The molecule has 6 rings (SSSR count). The van der Waals surface area contributed by atoms with Gasteiger partial charge in [-0.05, 0) is 35.2 Å². The zero-order valence-electron chi connectivity index (χ0n) is 24.0. The van der Waals surface area contributed by atoms with Crippen LogP contribution in [0, 0.1) is 11.3 Å². The van der Waals surface area contributed by atoms with Gasteiger partial charge in [-0.3, -0.25) is 9.69 Å². The molecule has 43 heavy (non-hydrogen) atoms. The average Bonchev–Trinajstić information content (AvgIpc) is 3.07. The predicted octanol–water partition coefficient (Wildman–Crippen LogP) is 5.51. The Balaban J connectivity index is 1.24. The Labute approximate surface area is 252 Å². The van der Waals surface area contributed by atoms with Crippen LogP contribution in [0.5, 0.6) is 0 Å². The molecular formula is C36H34N6O. The van der Waals surface area contributed by atoms with E-state index in [1.807, 2.05) is 66.7 Å². The van der Waals surface area contributed by atoms with Crippen LogP contribution in [-0.4, -0.2) is 53.5 Å². The number of para-hydroxylation sites is 2. The maximum Gasteiger partial charge on any atom is 0.243 e. The van der Waals surface area contributed by atoms with Crippen molar-refractivity contribution in [2.45, 2.75) is 18.4 Å². The largest absolute Gasteiger partial charge is 0.354 e. The molecule has 0 saturated carbocycles. The molecule has 2 heterocycles. The van der Waals surface area contributed by atoms with E-state index < -0.39 is 5.92 Å². The van der Waals surface area contributed by atoms with E-state index in [1.54, 1.807) is 0 Å². The van der Waals surface area contributed by atoms with Gasteiger partial charge in [0.05, 0.1) is 23.1 Å². The Morgan fingerprint density at radius 3 is 1.86 bits per heavy atom. The van der Waals surface area contributed by atoms with Crippen LogP contribution >= 0.6 is 0 Å². The van der Waals surface area contributed by atoms with Crippen LogP contribution in [0.4, 0.5) is 5.82 Å². The molecule has 1 atom stereocenters. The Kier molecular flexibility index (Phi) is 8.67. The van der Waals surface area contributed by atoms with Crippen LogP contribution in [0.25, 0.3) is 11.0 Å². The van der Waals surface area contributed by atoms with Crippen LogP contribution in [0.15, 0.2) is 115 Å². The number of nitrogens with zero attached hydrogens (tertiary/aromatic N) is 5. The topological polar surface area (TPSA) is 85.1 Å². The van der Waals surface area contributed by atoms with E-state index in [9.17, 15) is 10.1 Å². The van der Waals surface area contributed by atoms with Gasteiger partial charge < -0.3 is 10.2 Å². The van der Waals surface area contributed by atoms with Crippen LogP contribution in [0.3, 0.4) is 0 Å². The summed E-state index contributed by atoms with van der Waals surface area (Å²) in [4.78, 5) is 27.9. The van der Waals surface area contributed by atoms with E-state index in [4.69, 9.17) is 9.97 Å². The molecule has 1 saturated heterocycles. The minimum Gasteiger partial charge on any atom is -0.354 e. The number of carbonyl (C=O) groups is 1. The number of aromatic nitrogens is 2. The number of anilines is 1. The summed E-state index contributed by atoms with van der Waals surface area (Å²) in [5.74, 6) is -0.808. The summed E-state index contributed by atoms with van der Waals surface area (Å²) in [5, 5.41) is 13.2. The lowest BCUT2D eigenvalue weighted by Gasteiger charge is -2.40. The van der Waals surface area contributed by atoms with Crippen molar-refractivity contribution >= 4 is 22.8 Å². The van der Waals surface area contributed by atoms with E-state index in [1.165, 1.54) is 11.1 Å². The number of carbonyl (C=O) groups excluding carboxylic acids is 1. The maximum absolute atomic E-state index is 13.4. The second kappa shape index (κ2) is 13.3. The van der Waals surface area contributed by atoms with Crippen molar-refractivity contribution in [2.75, 3.05) is 37.6 Å². The van der Waals surface area contributed by atoms with Crippen LogP contribution in [-0.2, 0) is 11.2 Å². The average molecular weight is 567 g/mol. The Morgan fingerprint density at radius 2 is 1.28 bits per heavy atom. The quantitative estimate of drug-likeness (QED) is 0.253. The minimum absolute atomic E-state index is 0.133. The van der Waals surface area contributed by atoms with Gasteiger partial charge in [0.15, 0.2) is 11.7 Å². The molecule has 0 radical (unpaired) electrons. The lowest BCUT2D eigenvalue weighted by atomic mass is 9.96. The molecule has 1 aromatic heterocycles. The summed E-state index contributed by atoms with van der Waals surface area (Å²) in [7, 11) is 0. The monoisotopic (exact) mass is 566 g/mol. The maximum atomic E-state index is 13.4. The number of benzene rings is 4. The van der Waals surface area contributed by atoms with E-state index in [0.29, 0.717) is 43.1 Å². The SMILES string of the molecule is N#C[C@H](C(=O)NCCc1ccccc1)c1nc2ccccc2nc1N1CCN(C(c2ccccc2)c2ccccc2)CC1. The van der Waals surface area contributed by atoms with Crippen molar-refractivity contribution in [1.82, 2.24) is 20.2 Å². The summed E-state index contributed by atoms with van der Waals surface area (Å²) in [6.45, 7) is 3.43. The highest BCUT2D eigenvalue weighted by Gasteiger charge is 2.32. The Morgan fingerprint density at radius 1 is 0.744 bits per heavy atom. The van der Waals surface area contributed by atoms with Crippen molar-refractivity contribution in [3.63, 3.8) is 0 Å². The predicted molar refractivity (Wildman–Crippen MR) is 170 cm³/mol. The van der Waals surface area contributed by atoms with Gasteiger partial charge in [-0.2, -0.15) is 5.26 Å². The summed E-state index contributed by atoms with van der Waals surface area (Å²) in [6, 6.07) is 41.2. The number of fused-ring (bicyclic) bond motifs is 1. The van der Waals surface area contributed by atoms with Crippen molar-refractivity contribution in [3.8, 4) is 6.07 Å². The number of nitriles is 1. The van der Waals surface area contributed by atoms with Crippen molar-refractivity contribution in [2.24, 2.45) is 0 Å². The highest BCUT2D eigenvalue weighted by atomic mass is 16.1. The number of rotatable bonds is 9. The molecule has 1 N–H and O–H groups in total. The third-order valence-electron chi connectivity index (χ3n) is 8.01. The molecule has 0 aliphatic carbocycles. The number of amides is 1. The molecule has 1 aliphatic rings. The van der Waals surface area contributed by atoms with Gasteiger partial charge in [0, 0.05) is 32.7 Å². The minimum atomic E-state index is -1.07. The number of piperazine rings is 1. The van der Waals surface area contributed by atoms with E-state index >= 15 is 0 Å². The molecule has 1 aliphatic heterocycles. The first kappa shape index (κ1) is 28.1. The van der Waals surface area contributed by atoms with Crippen LogP contribution in [0.1, 0.15) is 34.3 Å².